The van der Waals surface area contributed by atoms with Gasteiger partial charge in [-0.05, 0) is 38.5 Å². The third kappa shape index (κ3) is 5.97. The minimum absolute atomic E-state index is 0. The van der Waals surface area contributed by atoms with Crippen molar-refractivity contribution < 1.29 is 21.6 Å². The molecule has 1 aromatic rings. The molecule has 0 radical (unpaired) electrons. The molecule has 10 heteroatoms. The van der Waals surface area contributed by atoms with Crippen LogP contribution in [-0.2, 0) is 22.6 Å². The van der Waals surface area contributed by atoms with E-state index in [1.165, 1.54) is 6.07 Å². The molecule has 0 bridgehead atoms. The molecule has 1 aliphatic heterocycles. The van der Waals surface area contributed by atoms with Crippen LogP contribution < -0.4 is 5.32 Å². The number of aliphatic imine (C=N–C) groups is 1. The van der Waals surface area contributed by atoms with Crippen molar-refractivity contribution in [2.24, 2.45) is 4.99 Å². The Morgan fingerprint density at radius 1 is 1.33 bits per heavy atom. The molecule has 2 rings (SSSR count). The Kier molecular flexibility index (Phi) is 7.98. The van der Waals surface area contributed by atoms with Crippen LogP contribution in [0.15, 0.2) is 29.3 Å². The monoisotopic (exact) mass is 519 g/mol. The molecule has 154 valence electrons. The van der Waals surface area contributed by atoms with Gasteiger partial charge in [0.15, 0.2) is 15.8 Å². The third-order valence-corrected chi connectivity index (χ3v) is 6.88. The molecule has 0 atom stereocenters. The first kappa shape index (κ1) is 24.0. The molecule has 1 fully saturated rings. The summed E-state index contributed by atoms with van der Waals surface area (Å²) in [5.41, 5.74) is -0.264. The van der Waals surface area contributed by atoms with E-state index in [0.29, 0.717) is 24.6 Å². The van der Waals surface area contributed by atoms with Crippen LogP contribution in [0.3, 0.4) is 0 Å². The summed E-state index contributed by atoms with van der Waals surface area (Å²) in [6.07, 6.45) is -4.39. The highest BCUT2D eigenvalue weighted by atomic mass is 127. The first-order valence-electron chi connectivity index (χ1n) is 8.38. The average Bonchev–Trinajstić information content (AvgIpc) is 2.53. The highest BCUT2D eigenvalue weighted by molar-refractivity contribution is 14.0. The number of sulfone groups is 1. The second kappa shape index (κ2) is 8.97. The van der Waals surface area contributed by atoms with Gasteiger partial charge in [0.25, 0.3) is 0 Å². The van der Waals surface area contributed by atoms with E-state index < -0.39 is 26.3 Å². The summed E-state index contributed by atoms with van der Waals surface area (Å²) in [6, 6.07) is 5.05. The Hall–Kier alpha value is -1.04. The van der Waals surface area contributed by atoms with Gasteiger partial charge >= 0.3 is 6.18 Å². The minimum atomic E-state index is -4.39. The maximum atomic E-state index is 12.8. The molecule has 0 amide bonds. The first-order valence-corrected chi connectivity index (χ1v) is 10.0. The summed E-state index contributed by atoms with van der Waals surface area (Å²) in [4.78, 5) is 6.26. The van der Waals surface area contributed by atoms with Crippen LogP contribution in [0.2, 0.25) is 0 Å². The Labute approximate surface area is 175 Å². The summed E-state index contributed by atoms with van der Waals surface area (Å²) in [5.74, 6) is 0.529. The lowest BCUT2D eigenvalue weighted by Gasteiger charge is -2.39. The highest BCUT2D eigenvalue weighted by Gasteiger charge is 2.41. The molecule has 0 aliphatic carbocycles. The quantitative estimate of drug-likeness (QED) is 0.379. The maximum absolute atomic E-state index is 12.8. The first-order chi connectivity index (χ1) is 12.0. The zero-order chi connectivity index (χ0) is 19.6. The van der Waals surface area contributed by atoms with Crippen molar-refractivity contribution >= 4 is 39.8 Å². The zero-order valence-electron chi connectivity index (χ0n) is 15.5. The lowest BCUT2D eigenvalue weighted by molar-refractivity contribution is -0.137. The van der Waals surface area contributed by atoms with Crippen LogP contribution in [0.4, 0.5) is 13.2 Å². The molecular weight excluding hydrogens is 494 g/mol. The topological polar surface area (TPSA) is 61.8 Å². The molecule has 27 heavy (non-hydrogen) atoms. The molecule has 1 saturated heterocycles. The van der Waals surface area contributed by atoms with Gasteiger partial charge in [-0.3, -0.25) is 0 Å². The Bertz CT molecular complexity index is 780. The molecule has 1 aromatic carbocycles. The maximum Gasteiger partial charge on any atom is 0.416 e. The number of nitrogens with one attached hydrogen (secondary N) is 1. The fourth-order valence-corrected chi connectivity index (χ4v) is 4.13. The van der Waals surface area contributed by atoms with Crippen molar-refractivity contribution in [3.05, 3.63) is 35.4 Å². The summed E-state index contributed by atoms with van der Waals surface area (Å²) >= 11 is 0. The molecule has 1 N–H and O–H groups in total. The number of hydrogen-bond acceptors (Lipinski definition) is 3. The normalized spacial score (nSPS) is 19.3. The molecule has 0 spiro atoms. The van der Waals surface area contributed by atoms with Crippen LogP contribution in [0, 0.1) is 0 Å². The van der Waals surface area contributed by atoms with Gasteiger partial charge in [0.2, 0.25) is 0 Å². The number of alkyl halides is 3. The number of nitrogens with zero attached hydrogens (tertiary/aromatic N) is 2. The zero-order valence-corrected chi connectivity index (χ0v) is 18.7. The Balaban J connectivity index is 0.00000364. The van der Waals surface area contributed by atoms with E-state index in [1.54, 1.807) is 19.9 Å². The summed E-state index contributed by atoms with van der Waals surface area (Å²) in [6.45, 7) is 6.46. The van der Waals surface area contributed by atoms with Crippen molar-refractivity contribution in [2.45, 2.75) is 38.2 Å². The van der Waals surface area contributed by atoms with Crippen LogP contribution in [0.1, 0.15) is 31.9 Å². The molecule has 0 saturated carbocycles. The van der Waals surface area contributed by atoms with Crippen LogP contribution >= 0.6 is 24.0 Å². The standard InChI is InChI=1S/C17H24F3N3O2S.HI/c1-4-21-15(23-8-9-26(24,25)16(2,3)12-23)22-11-13-6-5-7-14(10-13)17(18,19)20;/h5-7,10H,4,8-9,11-12H2,1-3H3,(H,21,22);1H. The predicted octanol–water partition coefficient (Wildman–Crippen LogP) is 3.30. The third-order valence-electron chi connectivity index (χ3n) is 4.34. The lowest BCUT2D eigenvalue weighted by Crippen LogP contribution is -2.57. The molecule has 0 aromatic heterocycles. The fourth-order valence-electron chi connectivity index (χ4n) is 2.76. The number of rotatable bonds is 3. The van der Waals surface area contributed by atoms with Crippen molar-refractivity contribution in [1.82, 2.24) is 10.2 Å². The van der Waals surface area contributed by atoms with Gasteiger partial charge < -0.3 is 10.2 Å². The fraction of sp³-hybridized carbons (Fsp3) is 0.588. The van der Waals surface area contributed by atoms with E-state index >= 15 is 0 Å². The van der Waals surface area contributed by atoms with Crippen molar-refractivity contribution in [3.8, 4) is 0 Å². The van der Waals surface area contributed by atoms with Gasteiger partial charge in [-0.1, -0.05) is 12.1 Å². The summed E-state index contributed by atoms with van der Waals surface area (Å²) < 4.78 is 61.9. The van der Waals surface area contributed by atoms with Gasteiger partial charge in [0, 0.05) is 19.6 Å². The Morgan fingerprint density at radius 2 is 2.00 bits per heavy atom. The van der Waals surface area contributed by atoms with E-state index in [0.717, 1.165) is 12.1 Å². The molecule has 1 heterocycles. The van der Waals surface area contributed by atoms with E-state index in [-0.39, 0.29) is 42.8 Å². The van der Waals surface area contributed by atoms with Gasteiger partial charge in [-0.15, -0.1) is 24.0 Å². The highest BCUT2D eigenvalue weighted by Crippen LogP contribution is 2.29. The van der Waals surface area contributed by atoms with Crippen LogP contribution in [-0.4, -0.2) is 49.4 Å². The number of hydrogen-bond donors (Lipinski definition) is 1. The van der Waals surface area contributed by atoms with Crippen molar-refractivity contribution in [3.63, 3.8) is 0 Å². The SMILES string of the molecule is CCNC(=NCc1cccc(C(F)(F)F)c1)N1CCS(=O)(=O)C(C)(C)C1.I. The number of guanidine groups is 1. The van der Waals surface area contributed by atoms with E-state index in [4.69, 9.17) is 0 Å². The van der Waals surface area contributed by atoms with Crippen LogP contribution in [0.5, 0.6) is 0 Å². The minimum Gasteiger partial charge on any atom is -0.357 e. The van der Waals surface area contributed by atoms with Crippen LogP contribution in [0.25, 0.3) is 0 Å². The molecule has 5 nitrogen and oxygen atoms in total. The van der Waals surface area contributed by atoms with E-state index in [1.807, 2.05) is 11.8 Å². The molecular formula is C17H25F3IN3O2S. The average molecular weight is 519 g/mol. The largest absolute Gasteiger partial charge is 0.416 e. The molecule has 0 unspecified atom stereocenters. The summed E-state index contributed by atoms with van der Waals surface area (Å²) in [5, 5.41) is 3.09. The van der Waals surface area contributed by atoms with Crippen molar-refractivity contribution in [2.75, 3.05) is 25.4 Å². The van der Waals surface area contributed by atoms with Gasteiger partial charge in [0.05, 0.1) is 22.6 Å². The van der Waals surface area contributed by atoms with Gasteiger partial charge in [-0.2, -0.15) is 13.2 Å². The second-order valence-corrected chi connectivity index (χ2v) is 9.61. The van der Waals surface area contributed by atoms with E-state index in [9.17, 15) is 21.6 Å². The Morgan fingerprint density at radius 3 is 2.56 bits per heavy atom. The van der Waals surface area contributed by atoms with Crippen molar-refractivity contribution in [1.29, 1.82) is 0 Å². The summed E-state index contributed by atoms with van der Waals surface area (Å²) in [7, 11) is -3.18. The van der Waals surface area contributed by atoms with E-state index in [2.05, 4.69) is 10.3 Å². The molecule has 1 aliphatic rings. The number of halogens is 4. The number of benzene rings is 1. The lowest BCUT2D eigenvalue weighted by atomic mass is 10.1. The smallest absolute Gasteiger partial charge is 0.357 e. The second-order valence-electron chi connectivity index (χ2n) is 6.87. The van der Waals surface area contributed by atoms with Gasteiger partial charge in [-0.25, -0.2) is 13.4 Å². The predicted molar refractivity (Wildman–Crippen MR) is 111 cm³/mol. The van der Waals surface area contributed by atoms with Gasteiger partial charge in [0.1, 0.15) is 0 Å².